The van der Waals surface area contributed by atoms with Crippen LogP contribution in [0.4, 0.5) is 5.69 Å². The Labute approximate surface area is 213 Å². The average molecular weight is 533 g/mol. The molecule has 5 nitrogen and oxygen atoms in total. The van der Waals surface area contributed by atoms with E-state index in [1.165, 1.54) is 5.56 Å². The van der Waals surface area contributed by atoms with Crippen molar-refractivity contribution in [3.05, 3.63) is 106 Å². The Balaban J connectivity index is 1.72. The normalized spacial score (nSPS) is 17.6. The van der Waals surface area contributed by atoms with Crippen molar-refractivity contribution < 1.29 is 4.74 Å². The van der Waals surface area contributed by atoms with E-state index in [0.717, 1.165) is 38.7 Å². The number of rotatable bonds is 5. The molecule has 1 aliphatic heterocycles. The molecule has 7 heteroatoms. The van der Waals surface area contributed by atoms with E-state index in [1.54, 1.807) is 7.11 Å². The first-order valence-corrected chi connectivity index (χ1v) is 12.3. The van der Waals surface area contributed by atoms with Crippen molar-refractivity contribution in [2.75, 3.05) is 12.0 Å². The van der Waals surface area contributed by atoms with Crippen molar-refractivity contribution >= 4 is 38.9 Å². The monoisotopic (exact) mass is 532 g/mol. The topological polar surface area (TPSA) is 42.3 Å². The molecule has 2 atom stereocenters. The highest BCUT2D eigenvalue weighted by molar-refractivity contribution is 9.10. The summed E-state index contributed by atoms with van der Waals surface area (Å²) in [6.45, 7) is 4.30. The molecule has 4 aromatic rings. The maximum Gasteiger partial charge on any atom is 0.174 e. The van der Waals surface area contributed by atoms with Gasteiger partial charge in [-0.2, -0.15) is 0 Å². The van der Waals surface area contributed by atoms with Gasteiger partial charge in [-0.1, -0.05) is 30.3 Å². The number of para-hydroxylation sites is 3. The zero-order chi connectivity index (χ0) is 23.8. The van der Waals surface area contributed by atoms with E-state index in [-0.39, 0.29) is 12.1 Å². The molecule has 1 saturated heterocycles. The quantitative estimate of drug-likeness (QED) is 0.299. The molecule has 2 unspecified atom stereocenters. The Bertz CT molecular complexity index is 1350. The molecule has 172 valence electrons. The number of nitrogens with zero attached hydrogens (tertiary/aromatic N) is 3. The van der Waals surface area contributed by atoms with Crippen molar-refractivity contribution in [2.24, 2.45) is 0 Å². The number of pyridine rings is 1. The molecule has 1 fully saturated rings. The van der Waals surface area contributed by atoms with Crippen molar-refractivity contribution in [1.82, 2.24) is 14.9 Å². The van der Waals surface area contributed by atoms with Crippen LogP contribution >= 0.6 is 28.1 Å². The minimum Gasteiger partial charge on any atom is -0.495 e. The maximum atomic E-state index is 5.90. The number of aryl methyl sites for hydroxylation is 1. The van der Waals surface area contributed by atoms with Crippen LogP contribution in [0.2, 0.25) is 0 Å². The highest BCUT2D eigenvalue weighted by Crippen LogP contribution is 2.46. The van der Waals surface area contributed by atoms with Gasteiger partial charge in [0.25, 0.3) is 0 Å². The smallest absolute Gasteiger partial charge is 0.174 e. The van der Waals surface area contributed by atoms with E-state index < -0.39 is 0 Å². The Hall–Kier alpha value is -3.16. The van der Waals surface area contributed by atoms with Crippen LogP contribution in [-0.4, -0.2) is 21.8 Å². The van der Waals surface area contributed by atoms with Crippen LogP contribution in [0.15, 0.2) is 83.5 Å². The molecule has 0 bridgehead atoms. The van der Waals surface area contributed by atoms with Crippen LogP contribution in [0.5, 0.6) is 5.75 Å². The Morgan fingerprint density at radius 1 is 0.971 bits per heavy atom. The second-order valence-electron chi connectivity index (χ2n) is 8.28. The summed E-state index contributed by atoms with van der Waals surface area (Å²) in [5.74, 6) is 0.776. The highest BCUT2D eigenvalue weighted by atomic mass is 79.9. The lowest BCUT2D eigenvalue weighted by molar-refractivity contribution is 0.414. The maximum absolute atomic E-state index is 5.90. The number of nitrogens with one attached hydrogen (secondary N) is 1. The van der Waals surface area contributed by atoms with E-state index >= 15 is 0 Å². The van der Waals surface area contributed by atoms with Gasteiger partial charge in [0.05, 0.1) is 36.3 Å². The van der Waals surface area contributed by atoms with Gasteiger partial charge in [0.15, 0.2) is 5.11 Å². The Kier molecular flexibility index (Phi) is 6.15. The molecule has 0 radical (unpaired) electrons. The molecule has 34 heavy (non-hydrogen) atoms. The molecule has 3 heterocycles. The molecule has 2 aromatic carbocycles. The predicted molar refractivity (Wildman–Crippen MR) is 144 cm³/mol. The van der Waals surface area contributed by atoms with Gasteiger partial charge < -0.3 is 19.5 Å². The summed E-state index contributed by atoms with van der Waals surface area (Å²) in [6.07, 6.45) is 1.83. The van der Waals surface area contributed by atoms with Gasteiger partial charge in [-0.3, -0.25) is 4.98 Å². The number of ether oxygens (including phenoxy) is 1. The lowest BCUT2D eigenvalue weighted by Crippen LogP contribution is -2.30. The number of aromatic nitrogens is 2. The zero-order valence-electron chi connectivity index (χ0n) is 19.2. The van der Waals surface area contributed by atoms with Crippen LogP contribution in [0.25, 0.3) is 5.69 Å². The molecule has 0 aliphatic carbocycles. The first-order chi connectivity index (χ1) is 16.5. The molecular formula is C27H25BrN4OS. The fourth-order valence-electron chi connectivity index (χ4n) is 4.85. The molecule has 0 amide bonds. The van der Waals surface area contributed by atoms with E-state index in [9.17, 15) is 0 Å². The third kappa shape index (κ3) is 3.79. The second kappa shape index (κ2) is 9.24. The number of methoxy groups -OCH3 is 1. The Morgan fingerprint density at radius 2 is 1.68 bits per heavy atom. The van der Waals surface area contributed by atoms with Gasteiger partial charge in [0.1, 0.15) is 5.75 Å². The number of halogens is 1. The fraction of sp³-hybridized carbons (Fsp3) is 0.185. The summed E-state index contributed by atoms with van der Waals surface area (Å²) >= 11 is 9.63. The SMILES string of the molecule is COc1ccccc1N1C(=S)NC(c2ccccn2)C1c1cc(C)n(-c2ccccc2Br)c1C. The summed E-state index contributed by atoms with van der Waals surface area (Å²) in [7, 11) is 1.69. The van der Waals surface area contributed by atoms with Crippen molar-refractivity contribution in [3.63, 3.8) is 0 Å². The Morgan fingerprint density at radius 3 is 2.38 bits per heavy atom. The van der Waals surface area contributed by atoms with Crippen LogP contribution in [-0.2, 0) is 0 Å². The third-order valence-corrected chi connectivity index (χ3v) is 7.31. The van der Waals surface area contributed by atoms with E-state index in [0.29, 0.717) is 5.11 Å². The fourth-order valence-corrected chi connectivity index (χ4v) is 5.65. The van der Waals surface area contributed by atoms with Crippen molar-refractivity contribution in [3.8, 4) is 11.4 Å². The highest BCUT2D eigenvalue weighted by Gasteiger charge is 2.43. The lowest BCUT2D eigenvalue weighted by atomic mass is 9.96. The van der Waals surface area contributed by atoms with E-state index in [4.69, 9.17) is 17.0 Å². The molecule has 0 saturated carbocycles. The van der Waals surface area contributed by atoms with Gasteiger partial charge in [0.2, 0.25) is 0 Å². The number of thiocarbonyl (C=S) groups is 1. The van der Waals surface area contributed by atoms with E-state index in [1.807, 2.05) is 54.7 Å². The lowest BCUT2D eigenvalue weighted by Gasteiger charge is -2.29. The number of benzene rings is 2. The van der Waals surface area contributed by atoms with E-state index in [2.05, 4.69) is 73.8 Å². The van der Waals surface area contributed by atoms with Gasteiger partial charge in [0, 0.05) is 22.1 Å². The molecule has 2 aromatic heterocycles. The minimum absolute atomic E-state index is 0.110. The minimum atomic E-state index is -0.119. The average Bonchev–Trinajstić information content (AvgIpc) is 3.35. The van der Waals surface area contributed by atoms with Gasteiger partial charge in [-0.15, -0.1) is 0 Å². The summed E-state index contributed by atoms with van der Waals surface area (Å²) < 4.78 is 9.06. The summed E-state index contributed by atoms with van der Waals surface area (Å²) in [6, 6.07) is 24.3. The standard InChI is InChI=1S/C27H25BrN4OS/c1-17-16-19(18(2)31(17)22-12-5-4-10-20(22)28)26-25(21-11-8-9-15-29-21)30-27(34)32(26)23-13-6-7-14-24(23)33-3/h4-16,25-26H,1-3H3,(H,30,34). The van der Waals surface area contributed by atoms with Crippen LogP contribution in [0.1, 0.15) is 34.7 Å². The molecule has 0 spiro atoms. The second-order valence-corrected chi connectivity index (χ2v) is 9.52. The van der Waals surface area contributed by atoms with Gasteiger partial charge in [-0.05, 0) is 90.0 Å². The number of hydrogen-bond donors (Lipinski definition) is 1. The summed E-state index contributed by atoms with van der Waals surface area (Å²) in [5.41, 5.74) is 6.46. The molecule has 1 N–H and O–H groups in total. The van der Waals surface area contributed by atoms with Crippen molar-refractivity contribution in [2.45, 2.75) is 25.9 Å². The van der Waals surface area contributed by atoms with Gasteiger partial charge >= 0.3 is 0 Å². The number of hydrogen-bond acceptors (Lipinski definition) is 3. The van der Waals surface area contributed by atoms with Crippen molar-refractivity contribution in [1.29, 1.82) is 0 Å². The summed E-state index contributed by atoms with van der Waals surface area (Å²) in [5, 5.41) is 4.20. The first kappa shape index (κ1) is 22.6. The molecular weight excluding hydrogens is 508 g/mol. The largest absolute Gasteiger partial charge is 0.495 e. The van der Waals surface area contributed by atoms with Crippen LogP contribution in [0.3, 0.4) is 0 Å². The van der Waals surface area contributed by atoms with Crippen LogP contribution in [0, 0.1) is 13.8 Å². The first-order valence-electron chi connectivity index (χ1n) is 11.1. The summed E-state index contributed by atoms with van der Waals surface area (Å²) in [4.78, 5) is 6.84. The van der Waals surface area contributed by atoms with Crippen LogP contribution < -0.4 is 15.0 Å². The number of anilines is 1. The van der Waals surface area contributed by atoms with Gasteiger partial charge in [-0.25, -0.2) is 0 Å². The molecule has 5 rings (SSSR count). The third-order valence-electron chi connectivity index (χ3n) is 6.33. The zero-order valence-corrected chi connectivity index (χ0v) is 21.6. The predicted octanol–water partition coefficient (Wildman–Crippen LogP) is 6.44. The molecule has 1 aliphatic rings.